The van der Waals surface area contributed by atoms with E-state index in [9.17, 15) is 4.39 Å². The molecule has 1 aromatic rings. The van der Waals surface area contributed by atoms with Gasteiger partial charge in [-0.05, 0) is 0 Å². The zero-order chi connectivity index (χ0) is 6.97. The third-order valence-electron chi connectivity index (χ3n) is 1.31. The molecular weight excluding hydrogens is 135 g/mol. The lowest BCUT2D eigenvalue weighted by atomic mass is 10.5. The van der Waals surface area contributed by atoms with E-state index in [4.69, 9.17) is 0 Å². The van der Waals surface area contributed by atoms with Crippen molar-refractivity contribution in [1.82, 2.24) is 9.55 Å². The number of fused-ring (bicyclic) bond motifs is 1. The fourth-order valence-corrected chi connectivity index (χ4v) is 0.838. The van der Waals surface area contributed by atoms with Crippen LogP contribution in [0.25, 0.3) is 0 Å². The first kappa shape index (κ1) is 5.46. The van der Waals surface area contributed by atoms with Crippen LogP contribution in [0.3, 0.4) is 0 Å². The average Bonchev–Trinajstić information content (AvgIpc) is 2.33. The van der Waals surface area contributed by atoms with Gasteiger partial charge in [-0.3, -0.25) is 4.57 Å². The van der Waals surface area contributed by atoms with E-state index >= 15 is 0 Å². The van der Waals surface area contributed by atoms with Crippen LogP contribution >= 0.6 is 0 Å². The predicted molar refractivity (Wildman–Crippen MR) is 32.0 cm³/mol. The molecule has 0 radical (unpaired) electrons. The normalized spacial score (nSPS) is 15.5. The summed E-state index contributed by atoms with van der Waals surface area (Å²) in [5.74, 6) is 0. The molecule has 10 heavy (non-hydrogen) atoms. The lowest BCUT2D eigenvalue weighted by Crippen LogP contribution is -2.06. The Bertz CT molecular complexity index is 279. The summed E-state index contributed by atoms with van der Waals surface area (Å²) in [6.07, 6.45) is 4.66. The maximum Gasteiger partial charge on any atom is 0.303 e. The van der Waals surface area contributed by atoms with E-state index in [-0.39, 0.29) is 0 Å². The van der Waals surface area contributed by atoms with Gasteiger partial charge in [0.25, 0.3) is 6.01 Å². The first-order valence-corrected chi connectivity index (χ1v) is 2.91. The highest BCUT2D eigenvalue weighted by atomic mass is 19.1. The Morgan fingerprint density at radius 2 is 2.60 bits per heavy atom. The summed E-state index contributed by atoms with van der Waals surface area (Å²) in [6.45, 7) is 0.501. The van der Waals surface area contributed by atoms with Gasteiger partial charge in [-0.25, -0.2) is 4.98 Å². The molecule has 1 aliphatic rings. The van der Waals surface area contributed by atoms with Crippen LogP contribution < -0.4 is 4.74 Å². The molecular formula is C6H5FN2O. The standard InChI is InChI=1S/C6H5FN2O/c7-5-1-3-9-4-2-8-6(9)10-5/h1-2,4H,3H2. The maximum absolute atomic E-state index is 12.3. The van der Waals surface area contributed by atoms with Gasteiger partial charge < -0.3 is 4.74 Å². The quantitative estimate of drug-likeness (QED) is 0.539. The minimum Gasteiger partial charge on any atom is -0.398 e. The number of rotatable bonds is 0. The second-order valence-electron chi connectivity index (χ2n) is 1.97. The summed E-state index contributed by atoms with van der Waals surface area (Å²) in [4.78, 5) is 3.77. The van der Waals surface area contributed by atoms with Crippen molar-refractivity contribution < 1.29 is 9.13 Å². The smallest absolute Gasteiger partial charge is 0.303 e. The van der Waals surface area contributed by atoms with Crippen LogP contribution in [0.15, 0.2) is 24.5 Å². The molecule has 0 aliphatic carbocycles. The highest BCUT2D eigenvalue weighted by molar-refractivity contribution is 5.07. The number of allylic oxidation sites excluding steroid dienone is 1. The predicted octanol–water partition coefficient (Wildman–Crippen LogP) is 1.09. The molecule has 0 fully saturated rings. The number of halogens is 1. The van der Waals surface area contributed by atoms with Crippen molar-refractivity contribution in [1.29, 1.82) is 0 Å². The van der Waals surface area contributed by atoms with Crippen LogP contribution in [0.1, 0.15) is 0 Å². The van der Waals surface area contributed by atoms with Crippen LogP contribution in [-0.2, 0) is 6.54 Å². The van der Waals surface area contributed by atoms with E-state index < -0.39 is 6.01 Å². The molecule has 0 unspecified atom stereocenters. The molecule has 0 bridgehead atoms. The van der Waals surface area contributed by atoms with Crippen LogP contribution in [-0.4, -0.2) is 9.55 Å². The number of nitrogens with zero attached hydrogens (tertiary/aromatic N) is 2. The fourth-order valence-electron chi connectivity index (χ4n) is 0.838. The Kier molecular flexibility index (Phi) is 1.00. The molecule has 0 aromatic carbocycles. The van der Waals surface area contributed by atoms with E-state index in [1.54, 1.807) is 17.0 Å². The zero-order valence-corrected chi connectivity index (χ0v) is 5.12. The molecule has 1 aliphatic heterocycles. The van der Waals surface area contributed by atoms with Gasteiger partial charge >= 0.3 is 6.01 Å². The van der Waals surface area contributed by atoms with Gasteiger partial charge in [0.15, 0.2) is 0 Å². The van der Waals surface area contributed by atoms with E-state index in [1.807, 2.05) is 0 Å². The first-order chi connectivity index (χ1) is 4.86. The van der Waals surface area contributed by atoms with E-state index in [0.29, 0.717) is 12.6 Å². The second kappa shape index (κ2) is 1.83. The summed E-state index contributed by atoms with van der Waals surface area (Å²) in [6, 6.07) is -0.251. The summed E-state index contributed by atoms with van der Waals surface area (Å²) < 4.78 is 18.7. The number of aromatic nitrogens is 2. The summed E-state index contributed by atoms with van der Waals surface area (Å²) >= 11 is 0. The zero-order valence-electron chi connectivity index (χ0n) is 5.12. The fraction of sp³-hybridized carbons (Fsp3) is 0.167. The highest BCUT2D eigenvalue weighted by Gasteiger charge is 2.10. The van der Waals surface area contributed by atoms with Crippen molar-refractivity contribution in [2.24, 2.45) is 0 Å². The first-order valence-electron chi connectivity index (χ1n) is 2.91. The van der Waals surface area contributed by atoms with Gasteiger partial charge in [-0.1, -0.05) is 0 Å². The SMILES string of the molecule is FC1=CCn2ccnc2O1. The number of ether oxygens (including phenoxy) is 1. The Morgan fingerprint density at radius 1 is 1.70 bits per heavy atom. The minimum absolute atomic E-state index is 0.319. The molecule has 3 nitrogen and oxygen atoms in total. The van der Waals surface area contributed by atoms with Crippen LogP contribution in [0.2, 0.25) is 0 Å². The van der Waals surface area contributed by atoms with Crippen molar-refractivity contribution in [2.75, 3.05) is 0 Å². The largest absolute Gasteiger partial charge is 0.398 e. The van der Waals surface area contributed by atoms with Gasteiger partial charge in [-0.15, -0.1) is 0 Å². The Balaban J connectivity index is 2.39. The average molecular weight is 140 g/mol. The van der Waals surface area contributed by atoms with Crippen molar-refractivity contribution in [3.05, 3.63) is 24.5 Å². The molecule has 2 heterocycles. The van der Waals surface area contributed by atoms with Gasteiger partial charge in [0.2, 0.25) is 0 Å². The third kappa shape index (κ3) is 0.689. The monoisotopic (exact) mass is 140 g/mol. The van der Waals surface area contributed by atoms with Crippen LogP contribution in [0, 0.1) is 0 Å². The molecule has 0 amide bonds. The molecule has 0 saturated heterocycles. The molecule has 0 N–H and O–H groups in total. The van der Waals surface area contributed by atoms with E-state index in [1.165, 1.54) is 6.08 Å². The number of hydrogen-bond acceptors (Lipinski definition) is 2. The molecule has 0 saturated carbocycles. The van der Waals surface area contributed by atoms with Crippen molar-refractivity contribution in [2.45, 2.75) is 6.54 Å². The van der Waals surface area contributed by atoms with E-state index in [2.05, 4.69) is 9.72 Å². The maximum atomic E-state index is 12.3. The summed E-state index contributed by atoms with van der Waals surface area (Å²) in [7, 11) is 0. The number of imidazole rings is 1. The Hall–Kier alpha value is -1.32. The molecule has 1 aromatic heterocycles. The van der Waals surface area contributed by atoms with E-state index in [0.717, 1.165) is 0 Å². The molecule has 4 heteroatoms. The van der Waals surface area contributed by atoms with Gasteiger partial charge in [0, 0.05) is 18.5 Å². The topological polar surface area (TPSA) is 27.1 Å². The van der Waals surface area contributed by atoms with Crippen molar-refractivity contribution in [3.63, 3.8) is 0 Å². The second-order valence-corrected chi connectivity index (χ2v) is 1.97. The summed E-state index contributed by atoms with van der Waals surface area (Å²) in [5.41, 5.74) is 0. The third-order valence-corrected chi connectivity index (χ3v) is 1.31. The Morgan fingerprint density at radius 3 is 3.50 bits per heavy atom. The molecule has 0 atom stereocenters. The molecule has 2 rings (SSSR count). The number of hydrogen-bond donors (Lipinski definition) is 0. The van der Waals surface area contributed by atoms with Gasteiger partial charge in [-0.2, -0.15) is 4.39 Å². The van der Waals surface area contributed by atoms with Gasteiger partial charge in [0.1, 0.15) is 0 Å². The lowest BCUT2D eigenvalue weighted by molar-refractivity contribution is 0.255. The Labute approximate surface area is 56.7 Å². The van der Waals surface area contributed by atoms with Crippen LogP contribution in [0.4, 0.5) is 4.39 Å². The van der Waals surface area contributed by atoms with Crippen molar-refractivity contribution in [3.8, 4) is 6.01 Å². The highest BCUT2D eigenvalue weighted by Crippen LogP contribution is 2.16. The summed E-state index contributed by atoms with van der Waals surface area (Å²) in [5, 5.41) is 0. The van der Waals surface area contributed by atoms with Crippen LogP contribution in [0.5, 0.6) is 6.01 Å². The van der Waals surface area contributed by atoms with Gasteiger partial charge in [0.05, 0.1) is 6.54 Å². The molecule has 0 spiro atoms. The molecule has 52 valence electrons. The van der Waals surface area contributed by atoms with Crippen molar-refractivity contribution >= 4 is 0 Å². The minimum atomic E-state index is -0.571. The lowest BCUT2D eigenvalue weighted by Gasteiger charge is -2.09.